The van der Waals surface area contributed by atoms with Gasteiger partial charge in [-0.15, -0.1) is 0 Å². The minimum Gasteiger partial charge on any atom is -0.466 e. The van der Waals surface area contributed by atoms with E-state index in [-0.39, 0.29) is 18.5 Å². The molecule has 1 amide bonds. The van der Waals surface area contributed by atoms with Gasteiger partial charge in [0.05, 0.1) is 32.0 Å². The van der Waals surface area contributed by atoms with E-state index in [2.05, 4.69) is 67.8 Å². The molecule has 484 valence electrons. The summed E-state index contributed by atoms with van der Waals surface area (Å²) in [5.41, 5.74) is 0. The molecule has 11 heteroatoms. The quantitative estimate of drug-likeness (QED) is 0.0195. The van der Waals surface area contributed by atoms with Crippen LogP contribution >= 0.6 is 0 Å². The second-order valence-corrected chi connectivity index (χ2v) is 24.2. The molecule has 0 aromatic heterocycles. The Balaban J connectivity index is 1.93. The number of unbranched alkanes of at least 4 members (excludes halogenated alkanes) is 39. The fourth-order valence-corrected chi connectivity index (χ4v) is 10.8. The van der Waals surface area contributed by atoms with Crippen LogP contribution in [0.3, 0.4) is 0 Å². The molecule has 1 aliphatic heterocycles. The van der Waals surface area contributed by atoms with Gasteiger partial charge in [0.1, 0.15) is 24.4 Å². The van der Waals surface area contributed by atoms with E-state index in [1.807, 2.05) is 6.08 Å². The van der Waals surface area contributed by atoms with Crippen LogP contribution in [-0.4, -0.2) is 100 Å². The summed E-state index contributed by atoms with van der Waals surface area (Å²) in [6, 6.07) is -0.827. The predicted octanol–water partition coefficient (Wildman–Crippen LogP) is 17.7. The highest BCUT2D eigenvalue weighted by molar-refractivity contribution is 5.76. The summed E-state index contributed by atoms with van der Waals surface area (Å²) in [6.45, 7) is 4.28. The van der Waals surface area contributed by atoms with Crippen molar-refractivity contribution in [3.8, 4) is 0 Å². The van der Waals surface area contributed by atoms with E-state index in [0.29, 0.717) is 19.4 Å². The summed E-state index contributed by atoms with van der Waals surface area (Å²) in [6.07, 6.45) is 70.9. The second-order valence-electron chi connectivity index (χ2n) is 24.2. The number of hydrogen-bond acceptors (Lipinski definition) is 10. The molecule has 1 heterocycles. The van der Waals surface area contributed by atoms with E-state index in [1.165, 1.54) is 231 Å². The molecule has 7 atom stereocenters. The van der Waals surface area contributed by atoms with E-state index in [4.69, 9.17) is 14.2 Å². The highest BCUT2D eigenvalue weighted by Gasteiger charge is 2.44. The topological polar surface area (TPSA) is 175 Å². The number of rotatable bonds is 61. The maximum Gasteiger partial charge on any atom is 0.305 e. The van der Waals surface area contributed by atoms with Crippen molar-refractivity contribution in [3.05, 3.63) is 60.8 Å². The molecule has 1 rings (SSSR count). The fraction of sp³-hybridized carbons (Fsp3) is 0.833. The minimum absolute atomic E-state index is 0.00324. The summed E-state index contributed by atoms with van der Waals surface area (Å²) in [7, 11) is 0. The first-order valence-corrected chi connectivity index (χ1v) is 35.1. The molecule has 6 N–H and O–H groups in total. The Morgan fingerprint density at radius 3 is 1.29 bits per heavy atom. The minimum atomic E-state index is -1.58. The molecule has 0 bridgehead atoms. The Morgan fingerprint density at radius 2 is 0.819 bits per heavy atom. The molecule has 0 saturated carbocycles. The molecule has 1 aliphatic rings. The van der Waals surface area contributed by atoms with E-state index in [0.717, 1.165) is 64.2 Å². The number of amides is 1. The molecule has 83 heavy (non-hydrogen) atoms. The van der Waals surface area contributed by atoms with Gasteiger partial charge in [-0.3, -0.25) is 9.59 Å². The van der Waals surface area contributed by atoms with Gasteiger partial charge < -0.3 is 45.1 Å². The van der Waals surface area contributed by atoms with Crippen LogP contribution in [0.2, 0.25) is 0 Å². The van der Waals surface area contributed by atoms with Crippen LogP contribution in [0.4, 0.5) is 0 Å². The first-order valence-electron chi connectivity index (χ1n) is 35.1. The van der Waals surface area contributed by atoms with Crippen molar-refractivity contribution in [3.63, 3.8) is 0 Å². The number of carbonyl (C=O) groups is 2. The average Bonchev–Trinajstić information content (AvgIpc) is 3.57. The van der Waals surface area contributed by atoms with Gasteiger partial charge in [-0.1, -0.05) is 267 Å². The van der Waals surface area contributed by atoms with Gasteiger partial charge in [0, 0.05) is 12.8 Å². The molecule has 1 fully saturated rings. The molecule has 11 nitrogen and oxygen atoms in total. The van der Waals surface area contributed by atoms with Crippen LogP contribution in [0.1, 0.15) is 322 Å². The number of aliphatic hydroxyl groups is 5. The third-order valence-corrected chi connectivity index (χ3v) is 16.3. The monoisotopic (exact) mass is 1170 g/mol. The van der Waals surface area contributed by atoms with Crippen molar-refractivity contribution in [1.82, 2.24) is 5.32 Å². The van der Waals surface area contributed by atoms with Crippen LogP contribution in [0.5, 0.6) is 0 Å². The van der Waals surface area contributed by atoms with Crippen LogP contribution in [0.15, 0.2) is 60.8 Å². The van der Waals surface area contributed by atoms with Crippen LogP contribution in [-0.2, 0) is 23.8 Å². The predicted molar refractivity (Wildman–Crippen MR) is 347 cm³/mol. The normalized spacial score (nSPS) is 18.5. The van der Waals surface area contributed by atoms with Crippen LogP contribution in [0, 0.1) is 0 Å². The Kier molecular flexibility index (Phi) is 57.6. The first-order chi connectivity index (χ1) is 40.7. The lowest BCUT2D eigenvalue weighted by Gasteiger charge is -2.40. The molecule has 0 aliphatic carbocycles. The lowest BCUT2D eigenvalue weighted by molar-refractivity contribution is -0.302. The number of aliphatic hydroxyl groups excluding tert-OH is 5. The van der Waals surface area contributed by atoms with Gasteiger partial charge in [-0.2, -0.15) is 0 Å². The van der Waals surface area contributed by atoms with E-state index in [9.17, 15) is 35.1 Å². The summed E-state index contributed by atoms with van der Waals surface area (Å²) in [5, 5.41) is 54.2. The van der Waals surface area contributed by atoms with E-state index < -0.39 is 49.5 Å². The first kappa shape index (κ1) is 78.4. The molecule has 0 aromatic carbocycles. The van der Waals surface area contributed by atoms with E-state index in [1.54, 1.807) is 6.08 Å². The van der Waals surface area contributed by atoms with Gasteiger partial charge in [0.15, 0.2) is 6.29 Å². The number of esters is 1. The fourth-order valence-electron chi connectivity index (χ4n) is 10.8. The average molecular weight is 1170 g/mol. The van der Waals surface area contributed by atoms with Crippen molar-refractivity contribution in [2.45, 2.75) is 365 Å². The molecule has 0 spiro atoms. The molecular formula is C72H131NO10. The molecule has 1 saturated heterocycles. The Labute approximate surface area is 509 Å². The van der Waals surface area contributed by atoms with Crippen molar-refractivity contribution in [2.24, 2.45) is 0 Å². The van der Waals surface area contributed by atoms with Crippen molar-refractivity contribution >= 4 is 11.9 Å². The van der Waals surface area contributed by atoms with Crippen LogP contribution < -0.4 is 5.32 Å². The van der Waals surface area contributed by atoms with Gasteiger partial charge in [-0.05, 0) is 103 Å². The van der Waals surface area contributed by atoms with Crippen LogP contribution in [0.25, 0.3) is 0 Å². The summed E-state index contributed by atoms with van der Waals surface area (Å²) >= 11 is 0. The highest BCUT2D eigenvalue weighted by Crippen LogP contribution is 2.23. The molecule has 7 unspecified atom stereocenters. The van der Waals surface area contributed by atoms with Crippen molar-refractivity contribution in [2.75, 3.05) is 19.8 Å². The zero-order chi connectivity index (χ0) is 60.2. The highest BCUT2D eigenvalue weighted by atomic mass is 16.7. The molecule has 0 radical (unpaired) electrons. The number of nitrogens with one attached hydrogen (secondary N) is 1. The summed E-state index contributed by atoms with van der Waals surface area (Å²) < 4.78 is 16.7. The zero-order valence-electron chi connectivity index (χ0n) is 53.7. The van der Waals surface area contributed by atoms with Gasteiger partial charge in [-0.25, -0.2) is 0 Å². The smallest absolute Gasteiger partial charge is 0.305 e. The maximum atomic E-state index is 13.0. The molecule has 0 aromatic rings. The van der Waals surface area contributed by atoms with Crippen molar-refractivity contribution in [1.29, 1.82) is 0 Å². The number of allylic oxidation sites excluding steroid dienone is 9. The molecular weight excluding hydrogens is 1040 g/mol. The largest absolute Gasteiger partial charge is 0.466 e. The van der Waals surface area contributed by atoms with E-state index >= 15 is 0 Å². The summed E-state index contributed by atoms with van der Waals surface area (Å²) in [5.74, 6) is -0.197. The Hall–Kier alpha value is -2.64. The van der Waals surface area contributed by atoms with Crippen molar-refractivity contribution < 1.29 is 49.3 Å². The third kappa shape index (κ3) is 50.1. The second kappa shape index (κ2) is 61.0. The van der Waals surface area contributed by atoms with Gasteiger partial charge >= 0.3 is 5.97 Å². The summed E-state index contributed by atoms with van der Waals surface area (Å²) in [4.78, 5) is 25.1. The standard InChI is InChI=1S/C72H131NO10/c1-3-5-7-9-11-13-14-15-33-37-40-44-48-52-56-60-68(77)81-61-57-53-49-45-41-38-35-32-30-28-26-24-22-20-18-16-17-19-21-23-25-27-29-31-34-36-39-43-47-51-55-59-67(76)73-64(65(75)58-54-50-46-42-12-10-8-6-4-2)63-82-72-71(80)70(79)69(78)66(62-74)83-72/h12,15,18,20,24,26,33,42,54,58,64-66,69-72,74-75,78-80H,3-11,13-14,16-17,19,21-23,25,27-32,34-41,43-53,55-57,59-63H2,1-2H3,(H,73,76)/b20-18-,26-24-,33-15-,42-12+,58-54+. The zero-order valence-corrected chi connectivity index (χ0v) is 53.7. The Morgan fingerprint density at radius 1 is 0.446 bits per heavy atom. The maximum absolute atomic E-state index is 13.0. The third-order valence-electron chi connectivity index (χ3n) is 16.3. The lowest BCUT2D eigenvalue weighted by atomic mass is 9.99. The number of ether oxygens (including phenoxy) is 3. The van der Waals surface area contributed by atoms with Gasteiger partial charge in [0.2, 0.25) is 5.91 Å². The number of carbonyl (C=O) groups excluding carboxylic acids is 2. The Bertz CT molecular complexity index is 1560. The SMILES string of the molecule is CCCCC/C=C/CC/C=C/C(O)C(COC1OC(CO)C(O)C(O)C1O)NC(=O)CCCCCCCCCCCCCCCCC/C=C\C/C=C\CCCCCCCCCCCOC(=O)CCCCCCC/C=C\CCCCCCCC. The lowest BCUT2D eigenvalue weighted by Crippen LogP contribution is -2.60. The number of hydrogen-bond donors (Lipinski definition) is 6. The van der Waals surface area contributed by atoms with Gasteiger partial charge in [0.25, 0.3) is 0 Å².